The lowest BCUT2D eigenvalue weighted by molar-refractivity contribution is -0.141. The molecule has 0 aromatic heterocycles. The van der Waals surface area contributed by atoms with E-state index in [1.165, 1.54) is 12.1 Å². The third kappa shape index (κ3) is 6.08. The van der Waals surface area contributed by atoms with Crippen LogP contribution >= 0.6 is 0 Å². The van der Waals surface area contributed by atoms with E-state index in [1.807, 2.05) is 27.7 Å². The molecule has 1 aromatic carbocycles. The van der Waals surface area contributed by atoms with Gasteiger partial charge in [-0.2, -0.15) is 0 Å². The number of hydrogen-bond donors (Lipinski definition) is 3. The third-order valence-electron chi connectivity index (χ3n) is 6.97. The number of hydrogen-bond acceptors (Lipinski definition) is 5. The number of benzene rings is 1. The van der Waals surface area contributed by atoms with Gasteiger partial charge in [-0.1, -0.05) is 27.7 Å². The molecular weight excluding hydrogens is 465 g/mol. The van der Waals surface area contributed by atoms with E-state index in [0.717, 1.165) is 6.42 Å². The number of rotatable bonds is 8. The van der Waals surface area contributed by atoms with Crippen molar-refractivity contribution in [2.75, 3.05) is 26.7 Å². The van der Waals surface area contributed by atoms with Gasteiger partial charge in [0, 0.05) is 13.1 Å². The SMILES string of the molecule is CCCNC(=O)N1CC(Oc2ccc(F)cc2)C2C1CCN2C(=O)C(NC(=O)C(C)NC)C(C)(C)C. The van der Waals surface area contributed by atoms with Gasteiger partial charge in [-0.05, 0) is 56.5 Å². The van der Waals surface area contributed by atoms with Crippen molar-refractivity contribution in [3.63, 3.8) is 0 Å². The van der Waals surface area contributed by atoms with Gasteiger partial charge in [-0.3, -0.25) is 9.59 Å². The van der Waals surface area contributed by atoms with Crippen molar-refractivity contribution in [2.24, 2.45) is 5.41 Å². The maximum Gasteiger partial charge on any atom is 0.317 e. The number of amides is 4. The Morgan fingerprint density at radius 3 is 2.42 bits per heavy atom. The first kappa shape index (κ1) is 27.7. The second kappa shape index (κ2) is 11.5. The average molecular weight is 506 g/mol. The van der Waals surface area contributed by atoms with Crippen molar-refractivity contribution in [3.8, 4) is 5.75 Å². The molecule has 9 nitrogen and oxygen atoms in total. The molecule has 2 fully saturated rings. The summed E-state index contributed by atoms with van der Waals surface area (Å²) in [5.74, 6) is -0.356. The third-order valence-corrected chi connectivity index (χ3v) is 6.97. The Kier molecular flexibility index (Phi) is 8.81. The molecule has 2 aliphatic rings. The normalized spacial score (nSPS) is 23.1. The number of carbonyl (C=O) groups excluding carboxylic acids is 3. The highest BCUT2D eigenvalue weighted by molar-refractivity contribution is 5.90. The van der Waals surface area contributed by atoms with Crippen molar-refractivity contribution < 1.29 is 23.5 Å². The minimum Gasteiger partial charge on any atom is -0.486 e. The number of likely N-dealkylation sites (tertiary alicyclic amines) is 2. The van der Waals surface area contributed by atoms with E-state index in [1.54, 1.807) is 35.9 Å². The summed E-state index contributed by atoms with van der Waals surface area (Å²) in [5.41, 5.74) is -0.539. The molecule has 0 radical (unpaired) electrons. The summed E-state index contributed by atoms with van der Waals surface area (Å²) < 4.78 is 19.7. The van der Waals surface area contributed by atoms with Crippen LogP contribution in [0.25, 0.3) is 0 Å². The van der Waals surface area contributed by atoms with E-state index in [9.17, 15) is 18.8 Å². The van der Waals surface area contributed by atoms with Gasteiger partial charge in [-0.25, -0.2) is 9.18 Å². The van der Waals surface area contributed by atoms with Crippen LogP contribution < -0.4 is 20.7 Å². The maximum absolute atomic E-state index is 13.9. The van der Waals surface area contributed by atoms with Crippen LogP contribution in [0.4, 0.5) is 9.18 Å². The van der Waals surface area contributed by atoms with Crippen molar-refractivity contribution in [1.29, 1.82) is 0 Å². The first-order valence-corrected chi connectivity index (χ1v) is 12.7. The zero-order valence-corrected chi connectivity index (χ0v) is 22.1. The van der Waals surface area contributed by atoms with Gasteiger partial charge >= 0.3 is 6.03 Å². The van der Waals surface area contributed by atoms with Crippen LogP contribution in [0.1, 0.15) is 47.5 Å². The predicted molar refractivity (Wildman–Crippen MR) is 135 cm³/mol. The van der Waals surface area contributed by atoms with E-state index < -0.39 is 29.6 Å². The highest BCUT2D eigenvalue weighted by Crippen LogP contribution is 2.36. The predicted octanol–water partition coefficient (Wildman–Crippen LogP) is 2.12. The first-order valence-electron chi connectivity index (χ1n) is 12.7. The fourth-order valence-corrected chi connectivity index (χ4v) is 4.86. The zero-order chi connectivity index (χ0) is 26.6. The standard InChI is InChI=1S/C26H40FN5O4/c1-7-13-29-25(35)32-15-20(36-18-10-8-17(27)9-11-18)21-19(32)12-14-31(21)24(34)22(26(3,4)5)30-23(33)16(2)28-6/h8-11,16,19-22,28H,7,12-15H2,1-6H3,(H,29,35)(H,30,33). The fourth-order valence-electron chi connectivity index (χ4n) is 4.86. The molecule has 3 rings (SSSR count). The van der Waals surface area contributed by atoms with E-state index in [-0.39, 0.29) is 29.7 Å². The molecule has 2 heterocycles. The molecule has 0 bridgehead atoms. The number of nitrogens with one attached hydrogen (secondary N) is 3. The number of nitrogens with zero attached hydrogens (tertiary/aromatic N) is 2. The van der Waals surface area contributed by atoms with E-state index in [0.29, 0.717) is 31.8 Å². The van der Waals surface area contributed by atoms with Gasteiger partial charge in [-0.15, -0.1) is 0 Å². The Morgan fingerprint density at radius 2 is 1.83 bits per heavy atom. The summed E-state index contributed by atoms with van der Waals surface area (Å²) in [6, 6.07) is 3.72. The second-order valence-electron chi connectivity index (χ2n) is 10.7. The van der Waals surface area contributed by atoms with Crippen LogP contribution in [-0.4, -0.2) is 84.6 Å². The summed E-state index contributed by atoms with van der Waals surface area (Å²) in [7, 11) is 1.69. The molecule has 0 aliphatic carbocycles. The van der Waals surface area contributed by atoms with Gasteiger partial charge in [0.1, 0.15) is 23.7 Å². The van der Waals surface area contributed by atoms with E-state index in [2.05, 4.69) is 16.0 Å². The lowest BCUT2D eigenvalue weighted by Gasteiger charge is -2.37. The summed E-state index contributed by atoms with van der Waals surface area (Å²) in [6.07, 6.45) is 0.926. The Morgan fingerprint density at radius 1 is 1.17 bits per heavy atom. The molecule has 200 valence electrons. The summed E-state index contributed by atoms with van der Waals surface area (Å²) >= 11 is 0. The number of urea groups is 1. The number of halogens is 1. The number of fused-ring (bicyclic) bond motifs is 1. The number of likely N-dealkylation sites (N-methyl/N-ethyl adjacent to an activating group) is 1. The Hall–Kier alpha value is -2.88. The van der Waals surface area contributed by atoms with Crippen LogP contribution in [-0.2, 0) is 9.59 Å². The van der Waals surface area contributed by atoms with Crippen LogP contribution in [0, 0.1) is 11.2 Å². The van der Waals surface area contributed by atoms with Crippen molar-refractivity contribution in [2.45, 2.75) is 77.7 Å². The largest absolute Gasteiger partial charge is 0.486 e. The Balaban J connectivity index is 1.88. The average Bonchev–Trinajstić information content (AvgIpc) is 3.42. The topological polar surface area (TPSA) is 103 Å². The smallest absolute Gasteiger partial charge is 0.317 e. The fraction of sp³-hybridized carbons (Fsp3) is 0.654. The molecule has 2 saturated heterocycles. The molecule has 2 aliphatic heterocycles. The molecule has 10 heteroatoms. The van der Waals surface area contributed by atoms with Gasteiger partial charge in [0.15, 0.2) is 0 Å². The summed E-state index contributed by atoms with van der Waals surface area (Å²) in [6.45, 7) is 10.8. The Bertz CT molecular complexity index is 935. The van der Waals surface area contributed by atoms with Crippen molar-refractivity contribution in [3.05, 3.63) is 30.1 Å². The minimum atomic E-state index is -0.756. The van der Waals surface area contributed by atoms with Crippen molar-refractivity contribution in [1.82, 2.24) is 25.8 Å². The molecule has 4 amide bonds. The van der Waals surface area contributed by atoms with Crippen LogP contribution in [0.15, 0.2) is 24.3 Å². The summed E-state index contributed by atoms with van der Waals surface area (Å²) in [4.78, 5) is 43.1. The minimum absolute atomic E-state index is 0.185. The molecule has 3 N–H and O–H groups in total. The molecule has 36 heavy (non-hydrogen) atoms. The quantitative estimate of drug-likeness (QED) is 0.502. The number of carbonyl (C=O) groups is 3. The number of ether oxygens (including phenoxy) is 1. The van der Waals surface area contributed by atoms with Crippen LogP contribution in [0.5, 0.6) is 5.75 Å². The highest BCUT2D eigenvalue weighted by Gasteiger charge is 2.54. The van der Waals surface area contributed by atoms with Crippen LogP contribution in [0.3, 0.4) is 0 Å². The second-order valence-corrected chi connectivity index (χ2v) is 10.7. The lowest BCUT2D eigenvalue weighted by Crippen LogP contribution is -2.59. The Labute approximate surface area is 213 Å². The lowest BCUT2D eigenvalue weighted by atomic mass is 9.85. The molecule has 0 saturated carbocycles. The molecule has 5 unspecified atom stereocenters. The van der Waals surface area contributed by atoms with E-state index in [4.69, 9.17) is 4.74 Å². The molecular formula is C26H40FN5O4. The first-order chi connectivity index (χ1) is 17.0. The summed E-state index contributed by atoms with van der Waals surface area (Å²) in [5, 5.41) is 8.76. The molecule has 0 spiro atoms. The van der Waals surface area contributed by atoms with Gasteiger partial charge in [0.2, 0.25) is 11.8 Å². The monoisotopic (exact) mass is 505 g/mol. The van der Waals surface area contributed by atoms with Gasteiger partial charge in [0.05, 0.1) is 24.7 Å². The van der Waals surface area contributed by atoms with Crippen molar-refractivity contribution >= 4 is 17.8 Å². The van der Waals surface area contributed by atoms with Gasteiger partial charge in [0.25, 0.3) is 0 Å². The maximum atomic E-state index is 13.9. The van der Waals surface area contributed by atoms with Crippen LogP contribution in [0.2, 0.25) is 0 Å². The van der Waals surface area contributed by atoms with E-state index >= 15 is 0 Å². The molecule has 5 atom stereocenters. The zero-order valence-electron chi connectivity index (χ0n) is 22.1. The highest BCUT2D eigenvalue weighted by atomic mass is 19.1. The molecule has 1 aromatic rings. The van der Waals surface area contributed by atoms with Gasteiger partial charge < -0.3 is 30.5 Å².